The quantitative estimate of drug-likeness (QED) is 0.675. The maximum Gasteiger partial charge on any atom is 0.288 e. The predicted octanol–water partition coefficient (Wildman–Crippen LogP) is 4.09. The van der Waals surface area contributed by atoms with Gasteiger partial charge in [-0.3, -0.25) is 14.9 Å². The van der Waals surface area contributed by atoms with Crippen molar-refractivity contribution in [2.75, 3.05) is 0 Å². The highest BCUT2D eigenvalue weighted by Crippen LogP contribution is 2.25. The summed E-state index contributed by atoms with van der Waals surface area (Å²) in [4.78, 5) is 22.5. The number of nitrogens with one attached hydrogen (secondary N) is 1. The highest BCUT2D eigenvalue weighted by atomic mass is 35.5. The fourth-order valence-electron chi connectivity index (χ4n) is 2.66. The number of carbonyl (C=O) groups excluding carboxylic acids is 1. The van der Waals surface area contributed by atoms with Crippen LogP contribution in [0.3, 0.4) is 0 Å². The molecule has 21 heavy (non-hydrogen) atoms. The second-order valence-electron chi connectivity index (χ2n) is 5.44. The molecule has 1 aromatic carbocycles. The Balaban J connectivity index is 2.05. The minimum atomic E-state index is -0.574. The zero-order valence-electron chi connectivity index (χ0n) is 11.8. The fourth-order valence-corrected chi connectivity index (χ4v) is 2.85. The number of benzene rings is 1. The van der Waals surface area contributed by atoms with Gasteiger partial charge in [0.15, 0.2) is 0 Å². The van der Waals surface area contributed by atoms with E-state index in [2.05, 4.69) is 5.32 Å². The normalized spacial score (nSPS) is 16.8. The number of nitro benzene ring substituents is 1. The zero-order valence-corrected chi connectivity index (χ0v) is 12.6. The Kier molecular flexibility index (Phi) is 5.56. The van der Waals surface area contributed by atoms with E-state index < -0.39 is 4.92 Å². The highest BCUT2D eigenvalue weighted by molar-refractivity contribution is 6.32. The molecule has 1 N–H and O–H groups in total. The molecule has 0 spiro atoms. The van der Waals surface area contributed by atoms with Gasteiger partial charge in [0.25, 0.3) is 11.6 Å². The monoisotopic (exact) mass is 310 g/mol. The number of carbonyl (C=O) groups is 1. The summed E-state index contributed by atoms with van der Waals surface area (Å²) < 4.78 is 0. The molecule has 0 saturated heterocycles. The Morgan fingerprint density at radius 2 is 1.81 bits per heavy atom. The number of hydrogen-bond donors (Lipinski definition) is 1. The Bertz CT molecular complexity index is 526. The molecule has 0 aliphatic heterocycles. The van der Waals surface area contributed by atoms with Crippen LogP contribution in [0.25, 0.3) is 0 Å². The van der Waals surface area contributed by atoms with Crippen LogP contribution >= 0.6 is 11.6 Å². The molecule has 5 nitrogen and oxygen atoms in total. The van der Waals surface area contributed by atoms with Gasteiger partial charge in [-0.1, -0.05) is 43.7 Å². The molecule has 2 rings (SSSR count). The largest absolute Gasteiger partial charge is 0.349 e. The number of rotatable bonds is 3. The van der Waals surface area contributed by atoms with Crippen molar-refractivity contribution in [1.82, 2.24) is 5.32 Å². The van der Waals surface area contributed by atoms with E-state index in [0.717, 1.165) is 25.7 Å². The van der Waals surface area contributed by atoms with Gasteiger partial charge in [-0.25, -0.2) is 0 Å². The summed E-state index contributed by atoms with van der Waals surface area (Å²) >= 11 is 5.75. The summed E-state index contributed by atoms with van der Waals surface area (Å²) in [5, 5.41) is 13.9. The van der Waals surface area contributed by atoms with Crippen LogP contribution in [0.4, 0.5) is 5.69 Å². The van der Waals surface area contributed by atoms with Crippen molar-refractivity contribution in [2.24, 2.45) is 0 Å². The first-order valence-corrected chi connectivity index (χ1v) is 7.70. The molecule has 1 amide bonds. The Hall–Kier alpha value is -1.62. The summed E-state index contributed by atoms with van der Waals surface area (Å²) in [6, 6.07) is 4.31. The van der Waals surface area contributed by atoms with E-state index in [1.54, 1.807) is 0 Å². The van der Waals surface area contributed by atoms with Crippen LogP contribution in [-0.2, 0) is 0 Å². The van der Waals surface area contributed by atoms with Gasteiger partial charge in [-0.15, -0.1) is 0 Å². The van der Waals surface area contributed by atoms with Gasteiger partial charge in [0.05, 0.1) is 4.92 Å². The lowest BCUT2D eigenvalue weighted by molar-refractivity contribution is -0.384. The van der Waals surface area contributed by atoms with Crippen molar-refractivity contribution in [1.29, 1.82) is 0 Å². The smallest absolute Gasteiger partial charge is 0.288 e. The molecular formula is C15H19ClN2O3. The first kappa shape index (κ1) is 15.8. The first-order valence-electron chi connectivity index (χ1n) is 7.33. The van der Waals surface area contributed by atoms with E-state index in [0.29, 0.717) is 0 Å². The van der Waals surface area contributed by atoms with Crippen molar-refractivity contribution >= 4 is 23.2 Å². The van der Waals surface area contributed by atoms with E-state index in [1.165, 1.54) is 37.5 Å². The maximum absolute atomic E-state index is 12.2. The summed E-state index contributed by atoms with van der Waals surface area (Å²) in [5.41, 5.74) is 0.0511. The van der Waals surface area contributed by atoms with Crippen LogP contribution in [0, 0.1) is 10.1 Å². The Morgan fingerprint density at radius 3 is 2.43 bits per heavy atom. The molecule has 1 aliphatic rings. The zero-order chi connectivity index (χ0) is 15.2. The first-order chi connectivity index (χ1) is 10.1. The van der Waals surface area contributed by atoms with Crippen molar-refractivity contribution in [3.8, 4) is 0 Å². The number of nitrogens with zero attached hydrogens (tertiary/aromatic N) is 1. The lowest BCUT2D eigenvalue weighted by Gasteiger charge is -2.21. The van der Waals surface area contributed by atoms with Crippen LogP contribution in [0.2, 0.25) is 5.02 Å². The summed E-state index contributed by atoms with van der Waals surface area (Å²) in [6.07, 6.45) is 7.86. The molecule has 0 aromatic heterocycles. The average Bonchev–Trinajstić information content (AvgIpc) is 2.41. The molecule has 0 radical (unpaired) electrons. The van der Waals surface area contributed by atoms with Crippen LogP contribution in [0.5, 0.6) is 0 Å². The molecule has 6 heteroatoms. The third-order valence-corrected chi connectivity index (χ3v) is 4.17. The molecule has 1 fully saturated rings. The standard InChI is InChI=1S/C15H19ClN2O3/c16-13-9-8-11(10-14(13)18(20)21)15(19)17-12-6-4-2-1-3-5-7-12/h8-10,12H,1-7H2,(H,17,19). The molecule has 0 atom stereocenters. The second-order valence-corrected chi connectivity index (χ2v) is 5.85. The van der Waals surface area contributed by atoms with Crippen LogP contribution in [0.1, 0.15) is 55.3 Å². The molecule has 114 valence electrons. The van der Waals surface area contributed by atoms with Gasteiger partial charge < -0.3 is 5.32 Å². The molecule has 1 aliphatic carbocycles. The molecule has 1 aromatic rings. The van der Waals surface area contributed by atoms with Crippen molar-refractivity contribution in [3.63, 3.8) is 0 Å². The predicted molar refractivity (Wildman–Crippen MR) is 81.7 cm³/mol. The van der Waals surface area contributed by atoms with E-state index >= 15 is 0 Å². The third-order valence-electron chi connectivity index (χ3n) is 3.85. The van der Waals surface area contributed by atoms with Gasteiger partial charge in [-0.2, -0.15) is 0 Å². The molecular weight excluding hydrogens is 292 g/mol. The molecule has 0 heterocycles. The second kappa shape index (κ2) is 7.41. The Labute approximate surface area is 128 Å². The SMILES string of the molecule is O=C(NC1CCCCCCC1)c1ccc(Cl)c([N+](=O)[O-])c1. The third kappa shape index (κ3) is 4.43. The summed E-state index contributed by atoms with van der Waals surface area (Å²) in [5.74, 6) is -0.264. The maximum atomic E-state index is 12.2. The van der Waals surface area contributed by atoms with Gasteiger partial charge in [0.2, 0.25) is 0 Å². The average molecular weight is 311 g/mol. The van der Waals surface area contributed by atoms with Crippen molar-refractivity contribution in [3.05, 3.63) is 38.9 Å². The van der Waals surface area contributed by atoms with E-state index in [4.69, 9.17) is 11.6 Å². The van der Waals surface area contributed by atoms with E-state index in [9.17, 15) is 14.9 Å². The van der Waals surface area contributed by atoms with Gasteiger partial charge in [0, 0.05) is 17.7 Å². The van der Waals surface area contributed by atoms with Crippen LogP contribution in [-0.4, -0.2) is 16.9 Å². The van der Waals surface area contributed by atoms with E-state index in [-0.39, 0.29) is 28.2 Å². The van der Waals surface area contributed by atoms with Gasteiger partial charge >= 0.3 is 0 Å². The van der Waals surface area contributed by atoms with Crippen LogP contribution < -0.4 is 5.32 Å². The molecule has 0 bridgehead atoms. The lowest BCUT2D eigenvalue weighted by Crippen LogP contribution is -2.35. The fraction of sp³-hybridized carbons (Fsp3) is 0.533. The lowest BCUT2D eigenvalue weighted by atomic mass is 9.96. The topological polar surface area (TPSA) is 72.2 Å². The summed E-state index contributed by atoms with van der Waals surface area (Å²) in [7, 11) is 0. The van der Waals surface area contributed by atoms with Gasteiger partial charge in [-0.05, 0) is 25.0 Å². The minimum absolute atomic E-state index is 0.0440. The van der Waals surface area contributed by atoms with Crippen molar-refractivity contribution in [2.45, 2.75) is 51.0 Å². The minimum Gasteiger partial charge on any atom is -0.349 e. The van der Waals surface area contributed by atoms with Gasteiger partial charge in [0.1, 0.15) is 5.02 Å². The number of amides is 1. The number of nitro groups is 1. The van der Waals surface area contributed by atoms with E-state index in [1.807, 2.05) is 0 Å². The summed E-state index contributed by atoms with van der Waals surface area (Å²) in [6.45, 7) is 0. The molecule has 0 unspecified atom stereocenters. The Morgan fingerprint density at radius 1 is 1.19 bits per heavy atom. The van der Waals surface area contributed by atoms with Crippen molar-refractivity contribution < 1.29 is 9.72 Å². The molecule has 1 saturated carbocycles. The van der Waals surface area contributed by atoms with Crippen LogP contribution in [0.15, 0.2) is 18.2 Å². The number of halogens is 1. The highest BCUT2D eigenvalue weighted by Gasteiger charge is 2.19. The number of hydrogen-bond acceptors (Lipinski definition) is 3.